The zero-order valence-corrected chi connectivity index (χ0v) is 50.6. The number of nitrogens with one attached hydrogen (secondary N) is 1. The SMILES string of the molecule is Cc1ncsc1-c1ccc(C(C)NC(=O)C2CCCN2C(=O)C(c2cc(N3CCC(CN4CCC(CN5CCC6(CC5)CC(N5CCC(C(C)n7cc(C(/C=C(\N)c8ccccc8O)=C(N)N)cn7)CC5)C6)CC4)CC3)no2)C(C)C)cc1. The second kappa shape index (κ2) is 25.6. The lowest BCUT2D eigenvalue weighted by Crippen LogP contribution is -2.56. The number of hydrogen-bond acceptors (Lipinski definition) is 15. The van der Waals surface area contributed by atoms with Crippen molar-refractivity contribution in [3.8, 4) is 16.2 Å². The second-order valence-electron chi connectivity index (χ2n) is 26.0. The lowest BCUT2D eigenvalue weighted by Gasteiger charge is -2.56. The Balaban J connectivity index is 0.569. The quantitative estimate of drug-likeness (QED) is 0.0517. The molecule has 6 fully saturated rings. The highest BCUT2D eigenvalue weighted by Crippen LogP contribution is 2.52. The number of likely N-dealkylation sites (tertiary alicyclic amines) is 4. The molecule has 2 amide bonds. The first-order valence-electron chi connectivity index (χ1n) is 31.2. The number of nitrogens with zero attached hydrogens (tertiary/aromatic N) is 9. The molecule has 1 spiro atoms. The second-order valence-corrected chi connectivity index (χ2v) is 26.8. The van der Waals surface area contributed by atoms with Crippen molar-refractivity contribution in [2.75, 3.05) is 76.9 Å². The zero-order valence-electron chi connectivity index (χ0n) is 49.8. The largest absolute Gasteiger partial charge is 0.507 e. The Morgan fingerprint density at radius 2 is 1.52 bits per heavy atom. The molecule has 0 radical (unpaired) electrons. The van der Waals surface area contributed by atoms with Crippen molar-refractivity contribution in [2.45, 2.75) is 142 Å². The Morgan fingerprint density at radius 3 is 2.17 bits per heavy atom. The number of benzene rings is 2. The van der Waals surface area contributed by atoms with Gasteiger partial charge in [0, 0.05) is 73.4 Å². The van der Waals surface area contributed by atoms with Crippen molar-refractivity contribution >= 4 is 40.2 Å². The van der Waals surface area contributed by atoms with Crippen LogP contribution in [0.2, 0.25) is 0 Å². The molecule has 2 aromatic carbocycles. The predicted molar refractivity (Wildman–Crippen MR) is 330 cm³/mol. The fourth-order valence-corrected chi connectivity index (χ4v) is 15.7. The molecule has 5 aliphatic heterocycles. The van der Waals surface area contributed by atoms with Crippen molar-refractivity contribution in [3.05, 3.63) is 113 Å². The van der Waals surface area contributed by atoms with Gasteiger partial charge in [-0.25, -0.2) is 4.98 Å². The van der Waals surface area contributed by atoms with Gasteiger partial charge in [-0.15, -0.1) is 11.3 Å². The number of aromatic hydroxyl groups is 1. The summed E-state index contributed by atoms with van der Waals surface area (Å²) in [6, 6.07) is 17.5. The fraction of sp³-hybridized carbons (Fsp3) is 0.585. The van der Waals surface area contributed by atoms with Gasteiger partial charge in [0.05, 0.1) is 34.4 Å². The number of nitrogens with two attached hydrogens (primary N) is 3. The first-order valence-corrected chi connectivity index (χ1v) is 32.0. The van der Waals surface area contributed by atoms with E-state index in [1.54, 1.807) is 46.7 Å². The molecule has 6 aliphatic rings. The van der Waals surface area contributed by atoms with Gasteiger partial charge in [-0.3, -0.25) is 14.3 Å². The molecule has 4 atom stereocenters. The number of amides is 2. The lowest BCUT2D eigenvalue weighted by atomic mass is 9.59. The third-order valence-electron chi connectivity index (χ3n) is 20.2. The van der Waals surface area contributed by atoms with E-state index in [4.69, 9.17) is 26.8 Å². The minimum absolute atomic E-state index is 0.0229. The molecular weight excluding hydrogens is 1060 g/mol. The number of hydrogen-bond donors (Lipinski definition) is 5. The zero-order chi connectivity index (χ0) is 57.9. The molecule has 1 aliphatic carbocycles. The molecule has 0 bridgehead atoms. The minimum atomic E-state index is -0.515. The molecule has 18 heteroatoms. The van der Waals surface area contributed by atoms with Gasteiger partial charge in [0.15, 0.2) is 11.6 Å². The third kappa shape index (κ3) is 13.2. The number of anilines is 1. The van der Waals surface area contributed by atoms with E-state index in [1.807, 2.05) is 37.7 Å². The summed E-state index contributed by atoms with van der Waals surface area (Å²) in [6.07, 6.45) is 19.6. The van der Waals surface area contributed by atoms with Crippen molar-refractivity contribution in [3.63, 3.8) is 0 Å². The highest BCUT2D eigenvalue weighted by molar-refractivity contribution is 7.13. The summed E-state index contributed by atoms with van der Waals surface area (Å²) in [5, 5.41) is 22.8. The average molecular weight is 1150 g/mol. The highest BCUT2D eigenvalue weighted by Gasteiger charge is 2.49. The monoisotopic (exact) mass is 1150 g/mol. The van der Waals surface area contributed by atoms with E-state index < -0.39 is 12.0 Å². The average Bonchev–Trinajstić information content (AvgIpc) is 4.06. The maximum atomic E-state index is 14.4. The summed E-state index contributed by atoms with van der Waals surface area (Å²) >= 11 is 1.63. The number of para-hydroxylation sites is 1. The van der Waals surface area contributed by atoms with Crippen LogP contribution in [0, 0.1) is 36.0 Å². The van der Waals surface area contributed by atoms with Gasteiger partial charge in [0.2, 0.25) is 11.8 Å². The summed E-state index contributed by atoms with van der Waals surface area (Å²) < 4.78 is 8.07. The van der Waals surface area contributed by atoms with Gasteiger partial charge in [0.25, 0.3) is 0 Å². The summed E-state index contributed by atoms with van der Waals surface area (Å²) in [6.45, 7) is 22.5. The number of thiazole rings is 1. The van der Waals surface area contributed by atoms with Crippen molar-refractivity contribution in [1.29, 1.82) is 0 Å². The molecule has 446 valence electrons. The first kappa shape index (κ1) is 58.6. The minimum Gasteiger partial charge on any atom is -0.507 e. The Kier molecular flexibility index (Phi) is 18.0. The number of aromatic nitrogens is 4. The normalized spacial score (nSPS) is 22.2. The molecule has 11 rings (SSSR count). The van der Waals surface area contributed by atoms with Gasteiger partial charge in [-0.2, -0.15) is 5.10 Å². The van der Waals surface area contributed by atoms with Gasteiger partial charge in [0.1, 0.15) is 23.5 Å². The van der Waals surface area contributed by atoms with Crippen LogP contribution in [0.4, 0.5) is 5.82 Å². The maximum absolute atomic E-state index is 14.4. The van der Waals surface area contributed by atoms with Crippen LogP contribution < -0.4 is 27.4 Å². The maximum Gasteiger partial charge on any atom is 0.243 e. The number of carbonyl (C=O) groups is 2. The van der Waals surface area contributed by atoms with Crippen molar-refractivity contribution in [1.82, 2.24) is 44.8 Å². The Hall–Kier alpha value is -6.21. The van der Waals surface area contributed by atoms with Crippen molar-refractivity contribution < 1.29 is 19.2 Å². The molecule has 3 aromatic heterocycles. The standard InChI is InChI=1S/C65H91N13O4S/c1-42(2)60(64(81)77-24-8-10-56(77)63(80)71-43(3)48-12-14-50(15-13-48)61-44(4)69-41-83-61)58-34-59(72-82-58)76-27-18-47(19-28-76)38-73-25-16-46(17-26-73)39-74-31-22-65(23-32-74)35-52(36-65)75-29-20-49(21-30-75)45(5)78-40-51(37-70-78)54(62(67)68)33-55(66)53-9-6-7-11-57(53)79/h6-7,9,11-15,33-34,37,40-43,45-47,49,52,56,60,79H,8,10,16-32,35-36,38-39,66-68H2,1-5H3,(H,71,80)/b55-33-. The van der Waals surface area contributed by atoms with Gasteiger partial charge < -0.3 is 56.6 Å². The first-order chi connectivity index (χ1) is 40.1. The summed E-state index contributed by atoms with van der Waals surface area (Å²) in [5.41, 5.74) is 26.6. The van der Waals surface area contributed by atoms with Crippen LogP contribution in [0.25, 0.3) is 21.7 Å². The molecule has 8 N–H and O–H groups in total. The van der Waals surface area contributed by atoms with E-state index in [-0.39, 0.29) is 41.4 Å². The van der Waals surface area contributed by atoms with Crippen molar-refractivity contribution in [2.24, 2.45) is 46.3 Å². The highest BCUT2D eigenvalue weighted by atomic mass is 32.1. The molecule has 1 saturated carbocycles. The van der Waals surface area contributed by atoms with E-state index in [1.165, 1.54) is 90.6 Å². The molecule has 5 aromatic rings. The smallest absolute Gasteiger partial charge is 0.243 e. The number of aryl methyl sites for hydroxylation is 1. The Labute approximate surface area is 495 Å². The molecule has 8 heterocycles. The fourth-order valence-electron chi connectivity index (χ4n) is 14.9. The number of carbonyl (C=O) groups excluding carboxylic acids is 2. The molecule has 83 heavy (non-hydrogen) atoms. The summed E-state index contributed by atoms with van der Waals surface area (Å²) in [5.74, 6) is 2.98. The van der Waals surface area contributed by atoms with Crippen LogP contribution in [0.5, 0.6) is 5.75 Å². The topological polar surface area (TPSA) is 217 Å². The van der Waals surface area contributed by atoms with Crippen LogP contribution in [0.1, 0.15) is 151 Å². The van der Waals surface area contributed by atoms with Crippen LogP contribution >= 0.6 is 11.3 Å². The Bertz CT molecular complexity index is 3050. The molecular formula is C65H91N13O4S. The van der Waals surface area contributed by atoms with E-state index in [2.05, 4.69) is 84.8 Å². The van der Waals surface area contributed by atoms with E-state index in [0.29, 0.717) is 52.8 Å². The molecule has 4 unspecified atom stereocenters. The van der Waals surface area contributed by atoms with Crippen LogP contribution in [0.15, 0.2) is 88.9 Å². The van der Waals surface area contributed by atoms with Crippen LogP contribution in [0.3, 0.4) is 0 Å². The number of piperidine rings is 4. The van der Waals surface area contributed by atoms with Crippen LogP contribution in [-0.2, 0) is 9.59 Å². The molecule has 17 nitrogen and oxygen atoms in total. The summed E-state index contributed by atoms with van der Waals surface area (Å²) in [7, 11) is 0. The predicted octanol–water partition coefficient (Wildman–Crippen LogP) is 9.35. The van der Waals surface area contributed by atoms with E-state index in [0.717, 1.165) is 90.5 Å². The number of phenolic OH excluding ortho intramolecular Hbond substituents is 1. The summed E-state index contributed by atoms with van der Waals surface area (Å²) in [4.78, 5) is 46.2. The van der Waals surface area contributed by atoms with E-state index in [9.17, 15) is 14.7 Å². The lowest BCUT2D eigenvalue weighted by molar-refractivity contribution is -0.141. The van der Waals surface area contributed by atoms with E-state index >= 15 is 0 Å². The Morgan fingerprint density at radius 1 is 0.843 bits per heavy atom. The van der Waals surface area contributed by atoms with Crippen LogP contribution in [-0.4, -0.2) is 141 Å². The number of phenols is 1. The van der Waals surface area contributed by atoms with Gasteiger partial charge in [-0.05, 0) is 196 Å². The number of rotatable bonds is 18. The van der Waals surface area contributed by atoms with Gasteiger partial charge in [-0.1, -0.05) is 55.4 Å². The van der Waals surface area contributed by atoms with Gasteiger partial charge >= 0.3 is 0 Å². The third-order valence-corrected chi connectivity index (χ3v) is 21.2. The number of allylic oxidation sites excluding steroid dienone is 2. The molecule has 5 saturated heterocycles.